The van der Waals surface area contributed by atoms with Crippen molar-refractivity contribution in [3.05, 3.63) is 11.9 Å². The Bertz CT molecular complexity index is 315. The van der Waals surface area contributed by atoms with E-state index in [1.54, 1.807) is 0 Å². The first kappa shape index (κ1) is 8.29. The molecule has 4 nitrogen and oxygen atoms in total. The van der Waals surface area contributed by atoms with Crippen molar-refractivity contribution in [3.63, 3.8) is 0 Å². The number of hydrogen-bond donors (Lipinski definition) is 1. The zero-order valence-corrected chi connectivity index (χ0v) is 7.87. The van der Waals surface area contributed by atoms with E-state index < -0.39 is 0 Å². The van der Waals surface area contributed by atoms with Crippen LogP contribution in [0.2, 0.25) is 0 Å². The molecule has 0 bridgehead atoms. The summed E-state index contributed by atoms with van der Waals surface area (Å²) >= 11 is 0. The van der Waals surface area contributed by atoms with Gasteiger partial charge in [0.2, 0.25) is 11.9 Å². The standard InChI is InChI=1S/C9H13N3O/c1-6(2)3-7-4-12-5-8(13)11-9(12)10-7/h4,6H,3,5H2,1-2H3,(H,10,11,13). The summed E-state index contributed by atoms with van der Waals surface area (Å²) in [6, 6.07) is 0. The van der Waals surface area contributed by atoms with Gasteiger partial charge < -0.3 is 4.57 Å². The van der Waals surface area contributed by atoms with E-state index in [9.17, 15) is 4.79 Å². The lowest BCUT2D eigenvalue weighted by Gasteiger charge is -1.99. The fourth-order valence-electron chi connectivity index (χ4n) is 1.53. The molecule has 0 unspecified atom stereocenters. The number of anilines is 1. The second-order valence-corrected chi connectivity index (χ2v) is 3.83. The number of hydrogen-bond acceptors (Lipinski definition) is 2. The topological polar surface area (TPSA) is 46.9 Å². The molecule has 0 atom stereocenters. The van der Waals surface area contributed by atoms with Gasteiger partial charge in [0, 0.05) is 6.20 Å². The SMILES string of the molecule is CC(C)Cc1cn2c(n1)NC(=O)C2. The molecule has 0 saturated heterocycles. The van der Waals surface area contributed by atoms with Crippen molar-refractivity contribution in [3.8, 4) is 0 Å². The molecule has 1 aromatic heterocycles. The predicted octanol–water partition coefficient (Wildman–Crippen LogP) is 1.03. The minimum absolute atomic E-state index is 0.0265. The van der Waals surface area contributed by atoms with Crippen molar-refractivity contribution in [2.75, 3.05) is 5.32 Å². The summed E-state index contributed by atoms with van der Waals surface area (Å²) in [5.74, 6) is 1.32. The first-order chi connectivity index (χ1) is 6.15. The molecular formula is C9H13N3O. The van der Waals surface area contributed by atoms with Gasteiger partial charge in [-0.2, -0.15) is 0 Å². The molecule has 0 fully saturated rings. The minimum Gasteiger partial charge on any atom is -0.307 e. The lowest BCUT2D eigenvalue weighted by molar-refractivity contribution is -0.115. The number of amides is 1. The van der Waals surface area contributed by atoms with Gasteiger partial charge in [-0.3, -0.25) is 10.1 Å². The third kappa shape index (κ3) is 1.56. The highest BCUT2D eigenvalue weighted by atomic mass is 16.2. The first-order valence-electron chi connectivity index (χ1n) is 4.51. The number of fused-ring (bicyclic) bond motifs is 1. The van der Waals surface area contributed by atoms with E-state index in [1.807, 2.05) is 10.8 Å². The van der Waals surface area contributed by atoms with Gasteiger partial charge in [-0.1, -0.05) is 13.8 Å². The first-order valence-corrected chi connectivity index (χ1v) is 4.51. The van der Waals surface area contributed by atoms with Crippen LogP contribution in [0.3, 0.4) is 0 Å². The number of nitrogens with zero attached hydrogens (tertiary/aromatic N) is 2. The van der Waals surface area contributed by atoms with Gasteiger partial charge in [0.25, 0.3) is 0 Å². The number of aromatic nitrogens is 2. The van der Waals surface area contributed by atoms with Crippen LogP contribution in [0.25, 0.3) is 0 Å². The van der Waals surface area contributed by atoms with E-state index >= 15 is 0 Å². The maximum Gasteiger partial charge on any atom is 0.246 e. The molecule has 1 N–H and O–H groups in total. The summed E-state index contributed by atoms with van der Waals surface area (Å²) in [6.07, 6.45) is 2.92. The maximum absolute atomic E-state index is 10.9. The summed E-state index contributed by atoms with van der Waals surface area (Å²) in [5, 5.41) is 2.70. The highest BCUT2D eigenvalue weighted by Gasteiger charge is 2.19. The van der Waals surface area contributed by atoms with E-state index in [1.165, 1.54) is 0 Å². The van der Waals surface area contributed by atoms with Crippen LogP contribution in [0.15, 0.2) is 6.20 Å². The van der Waals surface area contributed by atoms with Crippen LogP contribution in [0.5, 0.6) is 0 Å². The van der Waals surface area contributed by atoms with E-state index in [4.69, 9.17) is 0 Å². The average molecular weight is 179 g/mol. The molecule has 1 aliphatic heterocycles. The van der Waals surface area contributed by atoms with Crippen molar-refractivity contribution in [2.45, 2.75) is 26.8 Å². The van der Waals surface area contributed by atoms with Crippen molar-refractivity contribution in [2.24, 2.45) is 5.92 Å². The Balaban J connectivity index is 2.17. The Kier molecular flexibility index (Phi) is 1.83. The lowest BCUT2D eigenvalue weighted by atomic mass is 10.1. The van der Waals surface area contributed by atoms with E-state index in [-0.39, 0.29) is 5.91 Å². The highest BCUT2D eigenvalue weighted by molar-refractivity contribution is 5.92. The Hall–Kier alpha value is -1.32. The molecule has 70 valence electrons. The Morgan fingerprint density at radius 1 is 1.69 bits per heavy atom. The van der Waals surface area contributed by atoms with Gasteiger partial charge in [0.05, 0.1) is 5.69 Å². The van der Waals surface area contributed by atoms with Gasteiger partial charge in [0.15, 0.2) is 0 Å². The van der Waals surface area contributed by atoms with Gasteiger partial charge in [-0.25, -0.2) is 4.98 Å². The molecule has 0 saturated carbocycles. The number of imidazole rings is 1. The summed E-state index contributed by atoms with van der Waals surface area (Å²) in [7, 11) is 0. The molecule has 2 rings (SSSR count). The molecular weight excluding hydrogens is 166 g/mol. The molecule has 1 aliphatic rings. The molecule has 0 aromatic carbocycles. The summed E-state index contributed by atoms with van der Waals surface area (Å²) in [6.45, 7) is 4.73. The van der Waals surface area contributed by atoms with Gasteiger partial charge in [-0.05, 0) is 12.3 Å². The average Bonchev–Trinajstić information content (AvgIpc) is 2.41. The van der Waals surface area contributed by atoms with Gasteiger partial charge >= 0.3 is 0 Å². The molecule has 0 radical (unpaired) electrons. The zero-order chi connectivity index (χ0) is 9.42. The minimum atomic E-state index is 0.0265. The van der Waals surface area contributed by atoms with Gasteiger partial charge in [0.1, 0.15) is 6.54 Å². The van der Waals surface area contributed by atoms with Crippen molar-refractivity contribution in [1.82, 2.24) is 9.55 Å². The smallest absolute Gasteiger partial charge is 0.246 e. The maximum atomic E-state index is 10.9. The highest BCUT2D eigenvalue weighted by Crippen LogP contribution is 2.16. The largest absolute Gasteiger partial charge is 0.307 e. The summed E-state index contributed by atoms with van der Waals surface area (Å²) in [4.78, 5) is 15.2. The quantitative estimate of drug-likeness (QED) is 0.737. The van der Waals surface area contributed by atoms with Crippen LogP contribution in [-0.2, 0) is 17.8 Å². The van der Waals surface area contributed by atoms with E-state index in [2.05, 4.69) is 24.1 Å². The molecule has 2 heterocycles. The number of carbonyl (C=O) groups excluding carboxylic acids is 1. The third-order valence-corrected chi connectivity index (χ3v) is 2.01. The van der Waals surface area contributed by atoms with E-state index in [0.29, 0.717) is 18.4 Å². The second-order valence-electron chi connectivity index (χ2n) is 3.83. The van der Waals surface area contributed by atoms with Crippen molar-refractivity contribution >= 4 is 11.9 Å². The normalized spacial score (nSPS) is 14.8. The fourth-order valence-corrected chi connectivity index (χ4v) is 1.53. The van der Waals surface area contributed by atoms with Crippen molar-refractivity contribution < 1.29 is 4.79 Å². The van der Waals surface area contributed by atoms with Crippen LogP contribution in [0.4, 0.5) is 5.95 Å². The fraction of sp³-hybridized carbons (Fsp3) is 0.556. The predicted molar refractivity (Wildman–Crippen MR) is 49.4 cm³/mol. The summed E-state index contributed by atoms with van der Waals surface area (Å²) in [5.41, 5.74) is 1.06. The number of carbonyl (C=O) groups is 1. The molecule has 0 spiro atoms. The third-order valence-electron chi connectivity index (χ3n) is 2.01. The Morgan fingerprint density at radius 3 is 3.08 bits per heavy atom. The molecule has 1 amide bonds. The van der Waals surface area contributed by atoms with Gasteiger partial charge in [-0.15, -0.1) is 0 Å². The number of rotatable bonds is 2. The number of nitrogens with one attached hydrogen (secondary N) is 1. The monoisotopic (exact) mass is 179 g/mol. The van der Waals surface area contributed by atoms with Crippen LogP contribution in [0, 0.1) is 5.92 Å². The summed E-state index contributed by atoms with van der Waals surface area (Å²) < 4.78 is 1.86. The molecule has 13 heavy (non-hydrogen) atoms. The van der Waals surface area contributed by atoms with Crippen molar-refractivity contribution in [1.29, 1.82) is 0 Å². The Morgan fingerprint density at radius 2 is 2.46 bits per heavy atom. The lowest BCUT2D eigenvalue weighted by Crippen LogP contribution is -2.07. The molecule has 1 aromatic rings. The van der Waals surface area contributed by atoms with Crippen LogP contribution in [-0.4, -0.2) is 15.5 Å². The van der Waals surface area contributed by atoms with E-state index in [0.717, 1.165) is 12.1 Å². The van der Waals surface area contributed by atoms with Crippen LogP contribution in [0.1, 0.15) is 19.5 Å². The second kappa shape index (κ2) is 2.87. The molecule has 0 aliphatic carbocycles. The zero-order valence-electron chi connectivity index (χ0n) is 7.87. The van der Waals surface area contributed by atoms with Crippen LogP contribution >= 0.6 is 0 Å². The Labute approximate surface area is 77.0 Å². The van der Waals surface area contributed by atoms with Crippen LogP contribution < -0.4 is 5.32 Å². The molecule has 4 heteroatoms.